The van der Waals surface area contributed by atoms with E-state index in [9.17, 15) is 4.79 Å². The lowest BCUT2D eigenvalue weighted by Crippen LogP contribution is -2.26. The molecule has 0 bridgehead atoms. The Balaban J connectivity index is 1.32. The number of hydrogen-bond acceptors (Lipinski definition) is 4. The second kappa shape index (κ2) is 11.6. The van der Waals surface area contributed by atoms with Crippen molar-refractivity contribution in [2.75, 3.05) is 20.3 Å². The fraction of sp³-hybridized carbons (Fsp3) is 0.310. The molecular weight excluding hydrogens is 438 g/mol. The zero-order chi connectivity index (χ0) is 24.6. The maximum absolute atomic E-state index is 12.3. The minimum absolute atomic E-state index is 0.0190. The molecule has 1 N–H and O–H groups in total. The van der Waals surface area contributed by atoms with Crippen LogP contribution in [-0.2, 0) is 24.2 Å². The van der Waals surface area contributed by atoms with Crippen LogP contribution in [0.15, 0.2) is 66.7 Å². The smallest absolute Gasteiger partial charge is 0.224 e. The number of methoxy groups -OCH3 is 1. The number of aryl methyl sites for hydroxylation is 3. The molecule has 0 saturated heterocycles. The lowest BCUT2D eigenvalue weighted by molar-refractivity contribution is -0.120. The Hall–Kier alpha value is -3.80. The van der Waals surface area contributed by atoms with Gasteiger partial charge in [0.05, 0.1) is 31.1 Å². The third kappa shape index (κ3) is 6.63. The van der Waals surface area contributed by atoms with Gasteiger partial charge in [-0.1, -0.05) is 30.3 Å². The van der Waals surface area contributed by atoms with E-state index in [1.165, 1.54) is 11.1 Å². The lowest BCUT2D eigenvalue weighted by Gasteiger charge is -2.12. The van der Waals surface area contributed by atoms with Gasteiger partial charge in [0, 0.05) is 13.0 Å². The van der Waals surface area contributed by atoms with Crippen molar-refractivity contribution in [2.24, 2.45) is 0 Å². The number of para-hydroxylation sites is 2. The summed E-state index contributed by atoms with van der Waals surface area (Å²) in [6, 6.07) is 22.0. The van der Waals surface area contributed by atoms with E-state index < -0.39 is 0 Å². The lowest BCUT2D eigenvalue weighted by atomic mass is 10.1. The van der Waals surface area contributed by atoms with Gasteiger partial charge in [-0.05, 0) is 73.4 Å². The molecule has 0 spiro atoms. The average Bonchev–Trinajstić information content (AvgIpc) is 3.19. The van der Waals surface area contributed by atoms with Crippen LogP contribution in [0.5, 0.6) is 11.5 Å². The van der Waals surface area contributed by atoms with Crippen molar-refractivity contribution in [1.29, 1.82) is 0 Å². The molecule has 0 aliphatic heterocycles. The van der Waals surface area contributed by atoms with Crippen LogP contribution in [0.3, 0.4) is 0 Å². The molecule has 0 radical (unpaired) electrons. The zero-order valence-electron chi connectivity index (χ0n) is 20.7. The molecular formula is C29H33N3O3. The SMILES string of the molecule is COc1ccc(CC(=O)NCCCc2nc3ccccc3n2CCOc2cc(C)cc(C)c2)cc1. The quantitative estimate of drug-likeness (QED) is 0.312. The second-order valence-electron chi connectivity index (χ2n) is 8.82. The van der Waals surface area contributed by atoms with Crippen molar-refractivity contribution in [2.45, 2.75) is 39.7 Å². The van der Waals surface area contributed by atoms with Gasteiger partial charge in [0.15, 0.2) is 0 Å². The summed E-state index contributed by atoms with van der Waals surface area (Å²) in [6.45, 7) is 6.05. The number of amides is 1. The molecule has 6 heteroatoms. The molecule has 4 aromatic rings. The van der Waals surface area contributed by atoms with E-state index >= 15 is 0 Å². The zero-order valence-corrected chi connectivity index (χ0v) is 20.7. The van der Waals surface area contributed by atoms with Crippen LogP contribution in [0.1, 0.15) is 28.9 Å². The van der Waals surface area contributed by atoms with Gasteiger partial charge < -0.3 is 19.4 Å². The molecule has 35 heavy (non-hydrogen) atoms. The van der Waals surface area contributed by atoms with Crippen LogP contribution in [0.25, 0.3) is 11.0 Å². The van der Waals surface area contributed by atoms with Gasteiger partial charge in [0.25, 0.3) is 0 Å². The van der Waals surface area contributed by atoms with Crippen LogP contribution in [-0.4, -0.2) is 35.7 Å². The minimum Gasteiger partial charge on any atom is -0.497 e. The number of aromatic nitrogens is 2. The fourth-order valence-corrected chi connectivity index (χ4v) is 4.30. The summed E-state index contributed by atoms with van der Waals surface area (Å²) in [5, 5.41) is 3.03. The number of hydrogen-bond donors (Lipinski definition) is 1. The molecule has 0 fully saturated rings. The van der Waals surface area contributed by atoms with Gasteiger partial charge in [-0.3, -0.25) is 4.79 Å². The summed E-state index contributed by atoms with van der Waals surface area (Å²) >= 11 is 0. The maximum Gasteiger partial charge on any atom is 0.224 e. The Morgan fingerprint density at radius 3 is 2.46 bits per heavy atom. The van der Waals surface area contributed by atoms with Crippen LogP contribution in [0.4, 0.5) is 0 Å². The van der Waals surface area contributed by atoms with Crippen LogP contribution in [0, 0.1) is 13.8 Å². The standard InChI is InChI=1S/C29H33N3O3/c1-21-17-22(2)19-25(18-21)35-16-15-32-27-8-5-4-7-26(27)31-28(32)9-6-14-30-29(33)20-23-10-12-24(34-3)13-11-23/h4-5,7-8,10-13,17-19H,6,9,14-16,20H2,1-3H3,(H,30,33). The molecule has 6 nitrogen and oxygen atoms in total. The summed E-state index contributed by atoms with van der Waals surface area (Å²) in [6.07, 6.45) is 1.95. The minimum atomic E-state index is 0.0190. The Morgan fingerprint density at radius 1 is 0.971 bits per heavy atom. The molecule has 0 saturated carbocycles. The number of carbonyl (C=O) groups is 1. The number of carbonyl (C=O) groups excluding carboxylic acids is 1. The van der Waals surface area contributed by atoms with Gasteiger partial charge in [-0.15, -0.1) is 0 Å². The first kappa shape index (κ1) is 24.3. The Bertz CT molecular complexity index is 1260. The largest absolute Gasteiger partial charge is 0.497 e. The number of benzene rings is 3. The third-order valence-corrected chi connectivity index (χ3v) is 5.94. The highest BCUT2D eigenvalue weighted by atomic mass is 16.5. The summed E-state index contributed by atoms with van der Waals surface area (Å²) in [5.74, 6) is 2.72. The topological polar surface area (TPSA) is 65.4 Å². The third-order valence-electron chi connectivity index (χ3n) is 5.94. The summed E-state index contributed by atoms with van der Waals surface area (Å²) < 4.78 is 13.5. The highest BCUT2D eigenvalue weighted by Gasteiger charge is 2.11. The van der Waals surface area contributed by atoms with E-state index in [-0.39, 0.29) is 5.91 Å². The van der Waals surface area contributed by atoms with Gasteiger partial charge in [-0.25, -0.2) is 4.98 Å². The normalized spacial score (nSPS) is 10.9. The number of rotatable bonds is 11. The van der Waals surface area contributed by atoms with E-state index in [0.29, 0.717) is 26.1 Å². The van der Waals surface area contributed by atoms with Crippen molar-refractivity contribution >= 4 is 16.9 Å². The van der Waals surface area contributed by atoms with Crippen molar-refractivity contribution in [1.82, 2.24) is 14.9 Å². The summed E-state index contributed by atoms with van der Waals surface area (Å²) in [5.41, 5.74) is 5.45. The van der Waals surface area contributed by atoms with Crippen LogP contribution < -0.4 is 14.8 Å². The number of nitrogens with zero attached hydrogens (tertiary/aromatic N) is 2. The van der Waals surface area contributed by atoms with Crippen LogP contribution in [0.2, 0.25) is 0 Å². The Morgan fingerprint density at radius 2 is 1.71 bits per heavy atom. The molecule has 0 aliphatic carbocycles. The fourth-order valence-electron chi connectivity index (χ4n) is 4.30. The highest BCUT2D eigenvalue weighted by molar-refractivity contribution is 5.78. The Kier molecular flexibility index (Phi) is 8.03. The number of imidazole rings is 1. The van der Waals surface area contributed by atoms with Gasteiger partial charge in [0.2, 0.25) is 5.91 Å². The van der Waals surface area contributed by atoms with Gasteiger partial charge >= 0.3 is 0 Å². The first-order valence-corrected chi connectivity index (χ1v) is 12.1. The van der Waals surface area contributed by atoms with E-state index in [2.05, 4.69) is 48.0 Å². The molecule has 182 valence electrons. The van der Waals surface area contributed by atoms with Crippen molar-refractivity contribution in [3.63, 3.8) is 0 Å². The van der Waals surface area contributed by atoms with Crippen molar-refractivity contribution in [3.05, 3.63) is 89.2 Å². The first-order chi connectivity index (χ1) is 17.0. The predicted molar refractivity (Wildman–Crippen MR) is 139 cm³/mol. The van der Waals surface area contributed by atoms with E-state index in [4.69, 9.17) is 14.5 Å². The second-order valence-corrected chi connectivity index (χ2v) is 8.82. The molecule has 1 amide bonds. The molecule has 1 aromatic heterocycles. The van der Waals surface area contributed by atoms with Gasteiger partial charge in [0.1, 0.15) is 23.9 Å². The monoisotopic (exact) mass is 471 g/mol. The van der Waals surface area contributed by atoms with Crippen molar-refractivity contribution < 1.29 is 14.3 Å². The van der Waals surface area contributed by atoms with E-state index in [1.807, 2.05) is 42.5 Å². The first-order valence-electron chi connectivity index (χ1n) is 12.1. The highest BCUT2D eigenvalue weighted by Crippen LogP contribution is 2.19. The van der Waals surface area contributed by atoms with Gasteiger partial charge in [-0.2, -0.15) is 0 Å². The molecule has 0 unspecified atom stereocenters. The summed E-state index contributed by atoms with van der Waals surface area (Å²) in [4.78, 5) is 17.2. The number of ether oxygens (including phenoxy) is 2. The van der Waals surface area contributed by atoms with E-state index in [1.54, 1.807) is 7.11 Å². The molecule has 0 atom stereocenters. The average molecular weight is 472 g/mol. The predicted octanol–water partition coefficient (Wildman–Crippen LogP) is 5.03. The van der Waals surface area contributed by atoms with Crippen molar-refractivity contribution in [3.8, 4) is 11.5 Å². The molecule has 0 aliphatic rings. The van der Waals surface area contributed by atoms with E-state index in [0.717, 1.165) is 46.8 Å². The summed E-state index contributed by atoms with van der Waals surface area (Å²) in [7, 11) is 1.63. The molecule has 3 aromatic carbocycles. The maximum atomic E-state index is 12.3. The Labute approximate surface area is 206 Å². The van der Waals surface area contributed by atoms with Crippen LogP contribution >= 0.6 is 0 Å². The molecule has 1 heterocycles. The molecule has 4 rings (SSSR count). The number of nitrogens with one attached hydrogen (secondary N) is 1. The number of fused-ring (bicyclic) bond motifs is 1.